The molecule has 7 nitrogen and oxygen atoms in total. The summed E-state index contributed by atoms with van der Waals surface area (Å²) in [6.07, 6.45) is 2.15. The lowest BCUT2D eigenvalue weighted by Gasteiger charge is -2.16. The van der Waals surface area contributed by atoms with Gasteiger partial charge in [0.05, 0.1) is 16.0 Å². The van der Waals surface area contributed by atoms with Gasteiger partial charge < -0.3 is 20.7 Å². The van der Waals surface area contributed by atoms with Gasteiger partial charge >= 0.3 is 0 Å². The van der Waals surface area contributed by atoms with Crippen LogP contribution >= 0.6 is 35.0 Å². The number of rotatable bonds is 13. The molecule has 1 atom stereocenters. The molecule has 5 aromatic rings. The number of anilines is 2. The number of halogens is 2. The maximum atomic E-state index is 13.7. The summed E-state index contributed by atoms with van der Waals surface area (Å²) in [5, 5.41) is 8.92. The Labute approximate surface area is 299 Å². The van der Waals surface area contributed by atoms with Gasteiger partial charge in [-0.15, -0.1) is 11.8 Å². The molecule has 0 aliphatic heterocycles. The molecule has 0 bridgehead atoms. The number of amides is 3. The molecule has 0 spiro atoms. The summed E-state index contributed by atoms with van der Waals surface area (Å²) in [7, 11) is 0. The van der Waals surface area contributed by atoms with E-state index in [0.29, 0.717) is 51.3 Å². The van der Waals surface area contributed by atoms with Crippen LogP contribution in [0.2, 0.25) is 10.0 Å². The number of carbonyl (C=O) groups excluding carboxylic acids is 3. The molecule has 49 heavy (non-hydrogen) atoms. The zero-order valence-electron chi connectivity index (χ0n) is 26.5. The van der Waals surface area contributed by atoms with E-state index in [4.69, 9.17) is 27.9 Å². The number of hydrogen-bond acceptors (Lipinski definition) is 5. The fourth-order valence-electron chi connectivity index (χ4n) is 4.65. The molecule has 0 aromatic heterocycles. The molecule has 0 radical (unpaired) electrons. The van der Waals surface area contributed by atoms with Crippen LogP contribution in [-0.2, 0) is 16.2 Å². The second kappa shape index (κ2) is 17.4. The monoisotopic (exact) mass is 709 g/mol. The van der Waals surface area contributed by atoms with Crippen molar-refractivity contribution >= 4 is 70.1 Å². The van der Waals surface area contributed by atoms with Crippen LogP contribution in [0.1, 0.15) is 34.8 Å². The number of thioether (sulfide) groups is 1. The first-order chi connectivity index (χ1) is 23.8. The van der Waals surface area contributed by atoms with Crippen molar-refractivity contribution in [2.24, 2.45) is 0 Å². The first kappa shape index (κ1) is 35.3. The van der Waals surface area contributed by atoms with Crippen molar-refractivity contribution in [1.82, 2.24) is 5.32 Å². The van der Waals surface area contributed by atoms with E-state index in [2.05, 4.69) is 16.0 Å². The predicted molar refractivity (Wildman–Crippen MR) is 199 cm³/mol. The Hall–Kier alpha value is -5.02. The lowest BCUT2D eigenvalue weighted by Crippen LogP contribution is -2.30. The first-order valence-electron chi connectivity index (χ1n) is 15.5. The summed E-state index contributed by atoms with van der Waals surface area (Å²) in [5.74, 6) is -0.480. The van der Waals surface area contributed by atoms with Crippen molar-refractivity contribution in [2.45, 2.75) is 30.1 Å². The first-order valence-corrected chi connectivity index (χ1v) is 17.1. The largest absolute Gasteiger partial charge is 0.489 e. The molecule has 5 rings (SSSR count). The van der Waals surface area contributed by atoms with Gasteiger partial charge in [-0.05, 0) is 84.3 Å². The Morgan fingerprint density at radius 3 is 2.20 bits per heavy atom. The number of ether oxygens (including phenoxy) is 1. The van der Waals surface area contributed by atoms with Crippen LogP contribution < -0.4 is 20.7 Å². The van der Waals surface area contributed by atoms with Crippen LogP contribution in [0, 0.1) is 0 Å². The lowest BCUT2D eigenvalue weighted by molar-refractivity contribution is -0.116. The summed E-state index contributed by atoms with van der Waals surface area (Å²) in [6.45, 7) is 2.34. The van der Waals surface area contributed by atoms with Crippen LogP contribution in [-0.4, -0.2) is 23.0 Å². The zero-order chi connectivity index (χ0) is 34.6. The van der Waals surface area contributed by atoms with E-state index in [1.54, 1.807) is 66.7 Å². The van der Waals surface area contributed by atoms with Gasteiger partial charge in [0.15, 0.2) is 0 Å². The molecule has 5 aromatic carbocycles. The van der Waals surface area contributed by atoms with Crippen molar-refractivity contribution in [3.05, 3.63) is 160 Å². The van der Waals surface area contributed by atoms with Gasteiger partial charge in [-0.2, -0.15) is 0 Å². The van der Waals surface area contributed by atoms with Crippen LogP contribution in [0.5, 0.6) is 5.75 Å². The average Bonchev–Trinajstić information content (AvgIpc) is 3.12. The van der Waals surface area contributed by atoms with E-state index in [1.165, 1.54) is 11.8 Å². The van der Waals surface area contributed by atoms with Gasteiger partial charge in [-0.25, -0.2) is 0 Å². The molecule has 0 aliphatic rings. The van der Waals surface area contributed by atoms with E-state index in [0.717, 1.165) is 10.5 Å². The van der Waals surface area contributed by atoms with E-state index >= 15 is 0 Å². The number of carbonyl (C=O) groups is 3. The third-order valence-electron chi connectivity index (χ3n) is 7.19. The zero-order valence-corrected chi connectivity index (χ0v) is 28.8. The third kappa shape index (κ3) is 10.5. The van der Waals surface area contributed by atoms with Gasteiger partial charge in [-0.3, -0.25) is 14.4 Å². The van der Waals surface area contributed by atoms with E-state index in [1.807, 2.05) is 73.7 Å². The van der Waals surface area contributed by atoms with E-state index < -0.39 is 17.1 Å². The summed E-state index contributed by atoms with van der Waals surface area (Å²) < 4.78 is 5.89. The Morgan fingerprint density at radius 1 is 0.796 bits per heavy atom. The fourth-order valence-corrected chi connectivity index (χ4v) is 6.12. The van der Waals surface area contributed by atoms with Gasteiger partial charge in [0.25, 0.3) is 11.8 Å². The average molecular weight is 711 g/mol. The number of benzene rings is 5. The van der Waals surface area contributed by atoms with Crippen molar-refractivity contribution < 1.29 is 19.1 Å². The normalized spacial score (nSPS) is 11.7. The van der Waals surface area contributed by atoms with Crippen LogP contribution in [0.25, 0.3) is 6.08 Å². The highest BCUT2D eigenvalue weighted by Gasteiger charge is 2.20. The molecular weight excluding hydrogens is 677 g/mol. The van der Waals surface area contributed by atoms with Gasteiger partial charge in [-0.1, -0.05) is 96.9 Å². The topological polar surface area (TPSA) is 96.5 Å². The quantitative estimate of drug-likeness (QED) is 0.0836. The summed E-state index contributed by atoms with van der Waals surface area (Å²) in [4.78, 5) is 40.6. The Morgan fingerprint density at radius 2 is 1.51 bits per heavy atom. The van der Waals surface area contributed by atoms with Crippen molar-refractivity contribution in [3.63, 3.8) is 0 Å². The highest BCUT2D eigenvalue weighted by atomic mass is 35.5. The molecule has 10 heteroatoms. The standard InChI is InChI=1S/C39H33Cl2N3O4S/c1-2-36(39(47)43-34-21-18-29(40)23-33(34)41)49-32-15-9-14-30(24-32)42-38(46)35(44-37(45)28-12-7-4-8-13-28)22-26-16-19-31(20-17-26)48-25-27-10-5-3-6-11-27/h3-24,36H,2,25H2,1H3,(H,42,46)(H,43,47)(H,44,45)/b35-22-. The molecule has 0 saturated heterocycles. The summed E-state index contributed by atoms with van der Waals surface area (Å²) in [6, 6.07) is 37.8. The smallest absolute Gasteiger partial charge is 0.272 e. The van der Waals surface area contributed by atoms with Gasteiger partial charge in [0.2, 0.25) is 5.91 Å². The minimum absolute atomic E-state index is 0.0514. The van der Waals surface area contributed by atoms with Crippen LogP contribution in [0.15, 0.2) is 138 Å². The molecule has 3 amide bonds. The van der Waals surface area contributed by atoms with Crippen molar-refractivity contribution in [2.75, 3.05) is 10.6 Å². The van der Waals surface area contributed by atoms with Crippen molar-refractivity contribution in [3.8, 4) is 5.75 Å². The highest BCUT2D eigenvalue weighted by molar-refractivity contribution is 8.00. The Bertz CT molecular complexity index is 1940. The van der Waals surface area contributed by atoms with Gasteiger partial charge in [0.1, 0.15) is 18.1 Å². The maximum Gasteiger partial charge on any atom is 0.272 e. The molecule has 1 unspecified atom stereocenters. The maximum absolute atomic E-state index is 13.7. The predicted octanol–water partition coefficient (Wildman–Crippen LogP) is 9.49. The van der Waals surface area contributed by atoms with Crippen LogP contribution in [0.3, 0.4) is 0 Å². The number of hydrogen-bond donors (Lipinski definition) is 3. The lowest BCUT2D eigenvalue weighted by atomic mass is 10.1. The molecule has 0 heterocycles. The third-order valence-corrected chi connectivity index (χ3v) is 9.10. The van der Waals surface area contributed by atoms with E-state index in [-0.39, 0.29) is 11.6 Å². The summed E-state index contributed by atoms with van der Waals surface area (Å²) in [5.41, 5.74) is 3.17. The van der Waals surface area contributed by atoms with E-state index in [9.17, 15) is 14.4 Å². The fraction of sp³-hybridized carbons (Fsp3) is 0.103. The molecule has 0 fully saturated rings. The molecule has 0 saturated carbocycles. The molecule has 248 valence electrons. The van der Waals surface area contributed by atoms with Gasteiger partial charge in [0, 0.05) is 21.2 Å². The SMILES string of the molecule is CCC(Sc1cccc(NC(=O)/C(=C/c2ccc(OCc3ccccc3)cc2)NC(=O)c2ccccc2)c1)C(=O)Nc1ccc(Cl)cc1Cl. The van der Waals surface area contributed by atoms with Crippen molar-refractivity contribution in [1.29, 1.82) is 0 Å². The molecular formula is C39H33Cl2N3O4S. The Kier molecular flexibility index (Phi) is 12.5. The minimum Gasteiger partial charge on any atom is -0.489 e. The second-order valence-corrected chi connectivity index (χ2v) is 13.0. The molecule has 0 aliphatic carbocycles. The minimum atomic E-state index is -0.516. The highest BCUT2D eigenvalue weighted by Crippen LogP contribution is 2.31. The Balaban J connectivity index is 1.30. The van der Waals surface area contributed by atoms with Crippen LogP contribution in [0.4, 0.5) is 11.4 Å². The second-order valence-electron chi connectivity index (χ2n) is 10.8. The number of nitrogens with one attached hydrogen (secondary N) is 3. The molecule has 3 N–H and O–H groups in total. The summed E-state index contributed by atoms with van der Waals surface area (Å²) >= 11 is 13.6.